The zero-order chi connectivity index (χ0) is 30.4. The molecule has 2 fully saturated rings. The number of carbonyl (C=O) groups excluding carboxylic acids is 3. The summed E-state index contributed by atoms with van der Waals surface area (Å²) in [6.45, 7) is 0.882. The lowest BCUT2D eigenvalue weighted by atomic mass is 9.74. The highest BCUT2D eigenvalue weighted by Gasteiger charge is 2.39. The van der Waals surface area contributed by atoms with Crippen LogP contribution in [0.5, 0.6) is 0 Å². The van der Waals surface area contributed by atoms with E-state index in [1.165, 1.54) is 28.2 Å². The molecule has 1 aromatic carbocycles. The summed E-state index contributed by atoms with van der Waals surface area (Å²) in [6, 6.07) is 13.5. The zero-order valence-corrected chi connectivity index (χ0v) is 24.9. The molecule has 0 radical (unpaired) electrons. The van der Waals surface area contributed by atoms with Gasteiger partial charge in [0.05, 0.1) is 29.7 Å². The first-order valence-corrected chi connectivity index (χ1v) is 16.0. The van der Waals surface area contributed by atoms with Crippen LogP contribution in [0.15, 0.2) is 53.6 Å². The molecule has 43 heavy (non-hydrogen) atoms. The van der Waals surface area contributed by atoms with E-state index in [0.717, 1.165) is 25.7 Å². The number of nitrogens with one attached hydrogen (secondary N) is 1. The van der Waals surface area contributed by atoms with E-state index >= 15 is 0 Å². The first-order valence-electron chi connectivity index (χ1n) is 14.8. The Balaban J connectivity index is 1.21. The Morgan fingerprint density at radius 3 is 2.56 bits per heavy atom. The van der Waals surface area contributed by atoms with Crippen molar-refractivity contribution in [3.63, 3.8) is 0 Å². The summed E-state index contributed by atoms with van der Waals surface area (Å²) in [4.78, 5) is 60.6. The van der Waals surface area contributed by atoms with Crippen molar-refractivity contribution >= 4 is 46.3 Å². The van der Waals surface area contributed by atoms with E-state index in [4.69, 9.17) is 5.73 Å². The molecule has 1 aliphatic heterocycles. The van der Waals surface area contributed by atoms with E-state index in [0.29, 0.717) is 37.2 Å². The van der Waals surface area contributed by atoms with Crippen LogP contribution in [-0.4, -0.2) is 72.5 Å². The van der Waals surface area contributed by atoms with Gasteiger partial charge in [0.1, 0.15) is 5.82 Å². The summed E-state index contributed by atoms with van der Waals surface area (Å²) in [5.74, 6) is 0.367. The molecule has 12 heteroatoms. The summed E-state index contributed by atoms with van der Waals surface area (Å²) in [5.41, 5.74) is 5.20. The Hall–Kier alpha value is -3.77. The smallest absolute Gasteiger partial charge is 0.280 e. The van der Waals surface area contributed by atoms with Gasteiger partial charge in [0.2, 0.25) is 17.7 Å². The normalized spacial score (nSPS) is 20.1. The van der Waals surface area contributed by atoms with E-state index in [9.17, 15) is 24.3 Å². The molecule has 4 N–H and O–H groups in total. The number of hydrogen-bond acceptors (Lipinski definition) is 8. The van der Waals surface area contributed by atoms with Crippen LogP contribution in [0.25, 0.3) is 11.0 Å². The number of aromatic nitrogens is 3. The molecule has 0 unspecified atom stereocenters. The number of likely N-dealkylation sites (tertiary alicyclic amines) is 1. The van der Waals surface area contributed by atoms with Crippen molar-refractivity contribution in [2.24, 2.45) is 11.7 Å². The number of anilines is 1. The van der Waals surface area contributed by atoms with Crippen LogP contribution >= 0.6 is 11.8 Å². The topological polar surface area (TPSA) is 161 Å². The van der Waals surface area contributed by atoms with Gasteiger partial charge in [-0.1, -0.05) is 43.2 Å². The average Bonchev–Trinajstić information content (AvgIpc) is 3.01. The van der Waals surface area contributed by atoms with Gasteiger partial charge < -0.3 is 21.1 Å². The van der Waals surface area contributed by atoms with Crippen molar-refractivity contribution in [1.82, 2.24) is 19.4 Å². The van der Waals surface area contributed by atoms with E-state index in [2.05, 4.69) is 27.4 Å². The molecule has 0 bridgehead atoms. The number of nitrogens with two attached hydrogens (primary N) is 1. The molecule has 1 aliphatic carbocycles. The second-order valence-corrected chi connectivity index (χ2v) is 12.6. The second-order valence-electron chi connectivity index (χ2n) is 11.5. The number of amides is 3. The predicted molar refractivity (Wildman–Crippen MR) is 165 cm³/mol. The molecule has 228 valence electrons. The minimum Gasteiger partial charge on any atom is -0.388 e. The highest BCUT2D eigenvalue weighted by Crippen LogP contribution is 2.39. The number of pyridine rings is 1. The third kappa shape index (κ3) is 7.61. The van der Waals surface area contributed by atoms with Gasteiger partial charge in [-0.15, -0.1) is 0 Å². The first-order chi connectivity index (χ1) is 20.7. The first kappa shape index (κ1) is 30.7. The molecule has 3 heterocycles. The van der Waals surface area contributed by atoms with Crippen LogP contribution in [0.1, 0.15) is 56.4 Å². The van der Waals surface area contributed by atoms with E-state index in [-0.39, 0.29) is 53.7 Å². The lowest BCUT2D eigenvalue weighted by molar-refractivity contribution is -0.142. The Morgan fingerprint density at radius 1 is 1.07 bits per heavy atom. The van der Waals surface area contributed by atoms with Crippen LogP contribution in [0.2, 0.25) is 0 Å². The van der Waals surface area contributed by atoms with E-state index < -0.39 is 17.1 Å². The Kier molecular flexibility index (Phi) is 9.76. The molecule has 2 atom stereocenters. The van der Waals surface area contributed by atoms with Crippen molar-refractivity contribution in [1.29, 1.82) is 0 Å². The highest BCUT2D eigenvalue weighted by atomic mass is 32.2. The van der Waals surface area contributed by atoms with Gasteiger partial charge in [-0.3, -0.25) is 23.7 Å². The van der Waals surface area contributed by atoms with Gasteiger partial charge in [0.15, 0.2) is 5.52 Å². The Bertz CT molecular complexity index is 1520. The molecule has 5 rings (SSSR count). The van der Waals surface area contributed by atoms with Crippen molar-refractivity contribution in [3.8, 4) is 0 Å². The fourth-order valence-electron chi connectivity index (χ4n) is 6.14. The van der Waals surface area contributed by atoms with E-state index in [1.54, 1.807) is 12.1 Å². The van der Waals surface area contributed by atoms with Gasteiger partial charge in [-0.25, -0.2) is 9.97 Å². The fraction of sp³-hybridized carbons (Fsp3) is 0.484. The molecule has 3 aromatic rings. The number of fused-ring (bicyclic) bond motifs is 1. The lowest BCUT2D eigenvalue weighted by Crippen LogP contribution is -2.51. The van der Waals surface area contributed by atoms with Crippen molar-refractivity contribution in [3.05, 3.63) is 64.7 Å². The van der Waals surface area contributed by atoms with Gasteiger partial charge in [-0.05, 0) is 49.3 Å². The number of thioether (sulfide) groups is 1. The minimum atomic E-state index is -1.17. The Labute approximate surface area is 254 Å². The molecule has 2 aromatic heterocycles. The molecule has 1 saturated heterocycles. The Morgan fingerprint density at radius 2 is 1.81 bits per heavy atom. The predicted octanol–water partition coefficient (Wildman–Crippen LogP) is 2.67. The third-order valence-electron chi connectivity index (χ3n) is 8.44. The van der Waals surface area contributed by atoms with Crippen LogP contribution in [-0.2, 0) is 20.9 Å². The lowest BCUT2D eigenvalue weighted by Gasteiger charge is -2.41. The SMILES string of the molecule is NC(=O)CSCCC(=O)Nc1ccc2ncn(CC3(O)CCN(C(=O)[C@@H]4CCCC[C@H]4c4ccccc4)CC3)c(=O)c2n1. The maximum Gasteiger partial charge on any atom is 0.280 e. The van der Waals surface area contributed by atoms with Crippen LogP contribution < -0.4 is 16.6 Å². The molecule has 11 nitrogen and oxygen atoms in total. The third-order valence-corrected chi connectivity index (χ3v) is 9.42. The highest BCUT2D eigenvalue weighted by molar-refractivity contribution is 7.99. The number of piperidine rings is 1. The average molecular weight is 607 g/mol. The molecule has 1 saturated carbocycles. The van der Waals surface area contributed by atoms with E-state index in [1.807, 2.05) is 23.1 Å². The minimum absolute atomic E-state index is 0.0300. The summed E-state index contributed by atoms with van der Waals surface area (Å²) in [5, 5.41) is 14.1. The molecule has 3 amide bonds. The summed E-state index contributed by atoms with van der Waals surface area (Å²) >= 11 is 1.27. The quantitative estimate of drug-likeness (QED) is 0.297. The second kappa shape index (κ2) is 13.7. The number of nitrogens with zero attached hydrogens (tertiary/aromatic N) is 4. The number of carbonyl (C=O) groups is 3. The van der Waals surface area contributed by atoms with Gasteiger partial charge in [0, 0.05) is 31.2 Å². The van der Waals surface area contributed by atoms with Gasteiger partial charge >= 0.3 is 0 Å². The maximum atomic E-state index is 13.6. The van der Waals surface area contributed by atoms with Crippen LogP contribution in [0.4, 0.5) is 5.82 Å². The number of rotatable bonds is 10. The molecule has 2 aliphatic rings. The van der Waals surface area contributed by atoms with Crippen LogP contribution in [0.3, 0.4) is 0 Å². The van der Waals surface area contributed by atoms with Crippen molar-refractivity contribution in [2.45, 2.75) is 63.0 Å². The van der Waals surface area contributed by atoms with Gasteiger partial charge in [-0.2, -0.15) is 11.8 Å². The number of benzene rings is 1. The monoisotopic (exact) mass is 606 g/mol. The molecule has 0 spiro atoms. The van der Waals surface area contributed by atoms with Crippen LogP contribution in [0, 0.1) is 5.92 Å². The van der Waals surface area contributed by atoms with Crippen molar-refractivity contribution in [2.75, 3.05) is 29.9 Å². The largest absolute Gasteiger partial charge is 0.388 e. The maximum absolute atomic E-state index is 13.6. The summed E-state index contributed by atoms with van der Waals surface area (Å²) in [6.07, 6.45) is 6.32. The standard InChI is InChI=1S/C31H38N6O5S/c32-25(38)18-43-17-12-27(39)34-26-11-10-24-28(35-26)30(41)37(20-33-24)19-31(42)13-15-36(16-14-31)29(40)23-9-5-4-8-22(23)21-6-2-1-3-7-21/h1-3,6-7,10-11,20,22-23,42H,4-5,8-9,12-19H2,(H2,32,38)(H,34,35,39)/t22-,23+/m0/s1. The van der Waals surface area contributed by atoms with Gasteiger partial charge in [0.25, 0.3) is 5.56 Å². The number of hydrogen-bond donors (Lipinski definition) is 3. The molecular formula is C31H38N6O5S. The number of primary amides is 1. The molecular weight excluding hydrogens is 568 g/mol. The zero-order valence-electron chi connectivity index (χ0n) is 24.1. The van der Waals surface area contributed by atoms with Crippen molar-refractivity contribution < 1.29 is 19.5 Å². The summed E-state index contributed by atoms with van der Waals surface area (Å²) < 4.78 is 1.35. The summed E-state index contributed by atoms with van der Waals surface area (Å²) in [7, 11) is 0. The number of aliphatic hydroxyl groups is 1. The fourth-order valence-corrected chi connectivity index (χ4v) is 6.81.